The Morgan fingerprint density at radius 1 is 0.638 bits per heavy atom. The number of carbonyl (C=O) groups is 5. The fraction of sp³-hybridized carbons (Fsp3) is 0.606. The quantitative estimate of drug-likeness (QED) is 0.0177. The lowest BCUT2D eigenvalue weighted by Gasteiger charge is -2.52. The molecule has 0 aromatic heterocycles. The van der Waals surface area contributed by atoms with Gasteiger partial charge in [0.15, 0.2) is 30.6 Å². The molecular weight excluding hydrogens is 1410 g/mol. The molecular formula is C66H87N3O36. The molecule has 0 spiro atoms. The van der Waals surface area contributed by atoms with E-state index in [0.29, 0.717) is 23.8 Å². The molecule has 105 heavy (non-hydrogen) atoms. The molecule has 9 rings (SSSR count). The topological polar surface area (TPSA) is 628 Å². The maximum Gasteiger partial charge on any atom is 0.364 e. The zero-order valence-electron chi connectivity index (χ0n) is 56.2. The second-order valence-electron chi connectivity index (χ2n) is 25.8. The van der Waals surface area contributed by atoms with E-state index in [0.717, 1.165) is 19.9 Å². The van der Waals surface area contributed by atoms with Gasteiger partial charge in [0.1, 0.15) is 133 Å². The van der Waals surface area contributed by atoms with Crippen molar-refractivity contribution < 1.29 is 173 Å². The number of unbranched alkanes of at least 4 members (excludes halogenated alkanes) is 1. The normalized spacial score (nSPS) is 35.0. The average Bonchev–Trinajstić information content (AvgIpc) is 0.752. The molecule has 39 nitrogen and oxygen atoms in total. The van der Waals surface area contributed by atoms with Crippen molar-refractivity contribution in [2.24, 2.45) is 0 Å². The van der Waals surface area contributed by atoms with Crippen LogP contribution in [-0.4, -0.2) is 337 Å². The zero-order valence-corrected chi connectivity index (χ0v) is 56.2. The molecule has 0 saturated carbocycles. The number of hydrogen-bond acceptors (Lipinski definition) is 34. The third-order valence-electron chi connectivity index (χ3n) is 18.5. The largest absolute Gasteiger partial charge is 0.508 e. The van der Waals surface area contributed by atoms with Gasteiger partial charge in [0.25, 0.3) is 11.7 Å². The van der Waals surface area contributed by atoms with Gasteiger partial charge in [0.05, 0.1) is 69.5 Å². The first-order valence-corrected chi connectivity index (χ1v) is 33.3. The van der Waals surface area contributed by atoms with Crippen LogP contribution >= 0.6 is 0 Å². The number of benzene rings is 3. The highest BCUT2D eigenvalue weighted by Crippen LogP contribution is 2.44. The van der Waals surface area contributed by atoms with Gasteiger partial charge in [0.2, 0.25) is 11.8 Å². The number of carboxylic acid groups (broad SMARTS) is 2. The molecule has 2 unspecified atom stereocenters. The molecule has 1 aliphatic carbocycles. The van der Waals surface area contributed by atoms with E-state index in [-0.39, 0.29) is 33.8 Å². The van der Waals surface area contributed by atoms with Crippen molar-refractivity contribution in [3.05, 3.63) is 88.1 Å². The van der Waals surface area contributed by atoms with Crippen LogP contribution in [0.4, 0.5) is 0 Å². The molecule has 22 N–H and O–H groups in total. The van der Waals surface area contributed by atoms with Crippen LogP contribution in [0.5, 0.6) is 5.75 Å². The third kappa shape index (κ3) is 17.9. The van der Waals surface area contributed by atoms with Gasteiger partial charge in [-0.3, -0.25) is 19.2 Å². The number of aliphatic hydroxyl groups is 16. The molecule has 2 aromatic carbocycles. The van der Waals surface area contributed by atoms with Crippen molar-refractivity contribution in [2.75, 3.05) is 39.6 Å². The van der Waals surface area contributed by atoms with Gasteiger partial charge < -0.3 is 165 Å². The van der Waals surface area contributed by atoms with Crippen molar-refractivity contribution in [2.45, 2.75) is 211 Å². The summed E-state index contributed by atoms with van der Waals surface area (Å²) in [7, 11) is 0. The predicted molar refractivity (Wildman–Crippen MR) is 345 cm³/mol. The number of amides is 3. The SMILES string of the molecule is CCC/C=C/C(O)C(CO[C@@H]1O[C@H](CO)[C@@H](O[C@@H]2O[C@H](CO)[C@H](O[C@@H]3O[C@H](CO)[C@H](O)[C@H](O[C@@H]4O[C@H](CO)[C@H](O)[C@H](O)[C@H]4O)[C@H]3NC(C)=O)[C@H](O[C@]3(C(=O)O)C[C@H](O)[C@@H](NC(C)=O)[C@H]([C@H](O)[C@H](O)CO)O3)[C@H]2O)[C@H](O)[C@H]1O)NC(=O)c1ccc(-c2c3ccc(=O)cc-3oc3cc(O)ccc23)c(C(=O)O)c1. The lowest BCUT2D eigenvalue weighted by molar-refractivity contribution is -0.403. The Kier molecular flexibility index (Phi) is 27.6. The number of carbonyl (C=O) groups excluding carboxylic acids is 3. The molecule has 39 heteroatoms. The Morgan fingerprint density at radius 2 is 1.23 bits per heavy atom. The summed E-state index contributed by atoms with van der Waals surface area (Å²) in [4.78, 5) is 79.1. The Hall–Kier alpha value is -7.02. The predicted octanol–water partition coefficient (Wildman–Crippen LogP) is -7.61. The molecule has 3 amide bonds. The van der Waals surface area contributed by atoms with Gasteiger partial charge in [-0.2, -0.15) is 0 Å². The molecule has 5 saturated heterocycles. The van der Waals surface area contributed by atoms with Gasteiger partial charge in [-0.25, -0.2) is 9.59 Å². The highest BCUT2D eigenvalue weighted by molar-refractivity contribution is 6.09. The molecule has 2 aromatic rings. The van der Waals surface area contributed by atoms with Crippen LogP contribution < -0.4 is 21.4 Å². The summed E-state index contributed by atoms with van der Waals surface area (Å²) in [5.41, 5.74) is -0.438. The number of aromatic hydroxyl groups is 1. The molecule has 6 aliphatic heterocycles. The summed E-state index contributed by atoms with van der Waals surface area (Å²) in [6.07, 6.45) is -48.8. The second-order valence-corrected chi connectivity index (χ2v) is 25.8. The van der Waals surface area contributed by atoms with E-state index in [9.17, 15) is 126 Å². The Morgan fingerprint density at radius 3 is 1.87 bits per heavy atom. The lowest BCUT2D eigenvalue weighted by Crippen LogP contribution is -2.72. The number of ether oxygens (including phenoxy) is 10. The molecule has 28 atom stereocenters. The minimum absolute atomic E-state index is 0.0467. The van der Waals surface area contributed by atoms with E-state index in [1.54, 1.807) is 6.08 Å². The van der Waals surface area contributed by atoms with Crippen LogP contribution in [0.25, 0.3) is 33.4 Å². The van der Waals surface area contributed by atoms with Crippen molar-refractivity contribution >= 4 is 40.6 Å². The van der Waals surface area contributed by atoms with Crippen molar-refractivity contribution in [3.8, 4) is 28.2 Å². The number of aliphatic carboxylic acids is 1. The lowest BCUT2D eigenvalue weighted by atomic mass is 9.88. The maximum atomic E-state index is 14.3. The summed E-state index contributed by atoms with van der Waals surface area (Å²) >= 11 is 0. The fourth-order valence-corrected chi connectivity index (χ4v) is 13.1. The summed E-state index contributed by atoms with van der Waals surface area (Å²) in [6.45, 7) is -2.92. The van der Waals surface area contributed by atoms with E-state index in [1.165, 1.54) is 54.6 Å². The first-order valence-electron chi connectivity index (χ1n) is 33.3. The Labute approximate surface area is 594 Å². The second kappa shape index (κ2) is 35.3. The van der Waals surface area contributed by atoms with Crippen LogP contribution in [-0.2, 0) is 61.8 Å². The van der Waals surface area contributed by atoms with Gasteiger partial charge in [-0.05, 0) is 48.4 Å². The van der Waals surface area contributed by atoms with Crippen LogP contribution in [0.15, 0.2) is 76.0 Å². The van der Waals surface area contributed by atoms with Crippen molar-refractivity contribution in [1.29, 1.82) is 0 Å². The van der Waals surface area contributed by atoms with E-state index in [1.807, 2.05) is 6.92 Å². The molecule has 7 aliphatic rings. The first kappa shape index (κ1) is 82.0. The monoisotopic (exact) mass is 1500 g/mol. The number of hydrogen-bond donors (Lipinski definition) is 22. The van der Waals surface area contributed by atoms with Gasteiger partial charge in [-0.1, -0.05) is 31.6 Å². The van der Waals surface area contributed by atoms with E-state index < -0.39 is 258 Å². The van der Waals surface area contributed by atoms with Gasteiger partial charge in [0, 0.05) is 54.5 Å². The zero-order chi connectivity index (χ0) is 76.8. The number of fused-ring (bicyclic) bond motifs is 2. The van der Waals surface area contributed by atoms with Crippen LogP contribution in [0.2, 0.25) is 0 Å². The van der Waals surface area contributed by atoms with E-state index in [4.69, 9.17) is 51.8 Å². The number of carboxylic acids is 2. The number of aromatic carboxylic acids is 1. The van der Waals surface area contributed by atoms with E-state index in [2.05, 4.69) is 16.0 Å². The van der Waals surface area contributed by atoms with Crippen LogP contribution in [0.3, 0.4) is 0 Å². The molecule has 0 bridgehead atoms. The first-order chi connectivity index (χ1) is 49.8. The minimum atomic E-state index is -3.44. The third-order valence-corrected chi connectivity index (χ3v) is 18.5. The molecule has 0 radical (unpaired) electrons. The number of phenolic OH excluding ortho intramolecular Hbond substituents is 1. The summed E-state index contributed by atoms with van der Waals surface area (Å²) < 4.78 is 65.4. The molecule has 6 heterocycles. The molecule has 5 fully saturated rings. The number of allylic oxidation sites excluding steroid dienone is 1. The number of nitrogens with one attached hydrogen (secondary N) is 3. The maximum absolute atomic E-state index is 14.3. The minimum Gasteiger partial charge on any atom is -0.508 e. The molecule has 582 valence electrons. The van der Waals surface area contributed by atoms with E-state index >= 15 is 0 Å². The van der Waals surface area contributed by atoms with Crippen LogP contribution in [0, 0.1) is 0 Å². The van der Waals surface area contributed by atoms with Crippen LogP contribution in [0.1, 0.15) is 60.7 Å². The van der Waals surface area contributed by atoms with Crippen molar-refractivity contribution in [1.82, 2.24) is 16.0 Å². The number of aliphatic hydroxyl groups excluding tert-OH is 16. The summed E-state index contributed by atoms with van der Waals surface area (Å²) in [6, 6.07) is 6.24. The Balaban J connectivity index is 1.01. The number of phenols is 1. The average molecular weight is 1500 g/mol. The Bertz CT molecular complexity index is 3690. The fourth-order valence-electron chi connectivity index (χ4n) is 13.1. The highest BCUT2D eigenvalue weighted by Gasteiger charge is 2.62. The highest BCUT2D eigenvalue weighted by atomic mass is 16.8. The van der Waals surface area contributed by atoms with Gasteiger partial charge in [-0.15, -0.1) is 0 Å². The smallest absolute Gasteiger partial charge is 0.364 e. The standard InChI is InChI=1S/C66H87N3O36/c1-4-5-6-7-34(79)33(69-59(90)26-8-11-29(32(14-26)60(91)92)43-30-12-9-27(77)15-37(30)96-38-16-28(78)10-13-31(38)43)23-95-62-52(88)50(86)54(41(21-73)99-62)101-64-53(89)58(105-66(65(93)94)17-35(80)44(67-24(2)75)57(104-66)46(82)36(81)18-70)55(42(22-74)100-64)102-61-45(68-25(3)76)56(48(84)40(20-72)97-61)103-63-51(87)49(85)47(83)39(19-71)98-63/h6-16,33-36,39-42,44-58,61-64,70-74,77,79-89H,4-5,17-23H2,1-3H3,(H,67,75)(H,68,76)(H,69,90)(H,91,92)(H,93,94)/b7-6+/t33?,34?,35-,36+,39+,40+,41+,42+,44+,45+,46+,47-,48-,49-,50+,51+,52+,53+,54+,55-,56+,57+,58+,61-,62+,63-,64-,66-/m0/s1. The summed E-state index contributed by atoms with van der Waals surface area (Å²) in [5, 5.41) is 217. The number of rotatable bonds is 29. The van der Waals surface area contributed by atoms with Crippen molar-refractivity contribution in [3.63, 3.8) is 0 Å². The summed E-state index contributed by atoms with van der Waals surface area (Å²) in [5.74, 6) is -10.2. The van der Waals surface area contributed by atoms with Gasteiger partial charge >= 0.3 is 11.9 Å².